The van der Waals surface area contributed by atoms with E-state index in [2.05, 4.69) is 30.4 Å². The highest BCUT2D eigenvalue weighted by Crippen LogP contribution is 2.28. The van der Waals surface area contributed by atoms with Crippen LogP contribution in [0.5, 0.6) is 5.75 Å². The normalized spacial score (nSPS) is 14.5. The van der Waals surface area contributed by atoms with Crippen molar-refractivity contribution in [3.8, 4) is 5.75 Å². The van der Waals surface area contributed by atoms with Crippen molar-refractivity contribution in [3.05, 3.63) is 29.3 Å². The number of ether oxygens (including phenoxy) is 2. The minimum atomic E-state index is -0.114. The summed E-state index contributed by atoms with van der Waals surface area (Å²) in [5, 5.41) is 3.44. The van der Waals surface area contributed by atoms with E-state index in [1.54, 1.807) is 0 Å². The fraction of sp³-hybridized carbons (Fsp3) is 0.562. The Kier molecular flexibility index (Phi) is 5.41. The van der Waals surface area contributed by atoms with Gasteiger partial charge in [-0.15, -0.1) is 0 Å². The lowest BCUT2D eigenvalue weighted by Crippen LogP contribution is -2.20. The number of rotatable bonds is 7. The zero-order valence-corrected chi connectivity index (χ0v) is 12.3. The van der Waals surface area contributed by atoms with E-state index in [1.807, 2.05) is 6.92 Å². The van der Waals surface area contributed by atoms with E-state index in [1.165, 1.54) is 11.1 Å². The lowest BCUT2D eigenvalue weighted by molar-refractivity contribution is -0.143. The summed E-state index contributed by atoms with van der Waals surface area (Å²) in [5.41, 5.74) is 2.56. The van der Waals surface area contributed by atoms with Gasteiger partial charge < -0.3 is 14.8 Å². The van der Waals surface area contributed by atoms with E-state index in [0.717, 1.165) is 31.7 Å². The van der Waals surface area contributed by atoms with Gasteiger partial charge in [0.15, 0.2) is 0 Å². The van der Waals surface area contributed by atoms with Crippen molar-refractivity contribution in [2.75, 3.05) is 19.8 Å². The molecule has 0 amide bonds. The standard InChI is InChI=1S/C16H23NO3/c1-3-19-16(18)5-4-9-17-12(2)13-6-7-15-14(11-13)8-10-20-15/h6-7,11-12,17H,3-5,8-10H2,1-2H3. The monoisotopic (exact) mass is 277 g/mol. The Morgan fingerprint density at radius 2 is 2.35 bits per heavy atom. The van der Waals surface area contributed by atoms with Crippen LogP contribution < -0.4 is 10.1 Å². The zero-order valence-electron chi connectivity index (χ0n) is 12.3. The van der Waals surface area contributed by atoms with Gasteiger partial charge in [-0.2, -0.15) is 0 Å². The first-order valence-corrected chi connectivity index (χ1v) is 7.35. The second-order valence-electron chi connectivity index (χ2n) is 5.05. The maximum atomic E-state index is 11.2. The number of hydrogen-bond donors (Lipinski definition) is 1. The van der Waals surface area contributed by atoms with Gasteiger partial charge in [0.2, 0.25) is 0 Å². The molecule has 1 N–H and O–H groups in total. The lowest BCUT2D eigenvalue weighted by atomic mass is 10.0. The molecule has 4 nitrogen and oxygen atoms in total. The molecule has 1 aromatic rings. The summed E-state index contributed by atoms with van der Waals surface area (Å²) in [6.45, 7) is 6.03. The molecule has 0 aromatic heterocycles. The molecule has 2 rings (SSSR count). The number of carbonyl (C=O) groups is 1. The topological polar surface area (TPSA) is 47.6 Å². The second-order valence-corrected chi connectivity index (χ2v) is 5.05. The lowest BCUT2D eigenvalue weighted by Gasteiger charge is -2.15. The second kappa shape index (κ2) is 7.29. The van der Waals surface area contributed by atoms with Crippen molar-refractivity contribution < 1.29 is 14.3 Å². The van der Waals surface area contributed by atoms with Crippen molar-refractivity contribution in [2.45, 2.75) is 39.2 Å². The molecule has 4 heteroatoms. The summed E-state index contributed by atoms with van der Waals surface area (Å²) in [6, 6.07) is 6.65. The average molecular weight is 277 g/mol. The maximum absolute atomic E-state index is 11.2. The summed E-state index contributed by atoms with van der Waals surface area (Å²) >= 11 is 0. The van der Waals surface area contributed by atoms with Crippen LogP contribution in [-0.2, 0) is 16.0 Å². The van der Waals surface area contributed by atoms with Gasteiger partial charge in [0.05, 0.1) is 13.2 Å². The van der Waals surface area contributed by atoms with Crippen LogP contribution in [0.2, 0.25) is 0 Å². The average Bonchev–Trinajstić information content (AvgIpc) is 2.91. The number of nitrogens with one attached hydrogen (secondary N) is 1. The predicted molar refractivity (Wildman–Crippen MR) is 77.9 cm³/mol. The van der Waals surface area contributed by atoms with E-state index in [4.69, 9.17) is 9.47 Å². The van der Waals surface area contributed by atoms with Crippen LogP contribution in [0.4, 0.5) is 0 Å². The molecule has 20 heavy (non-hydrogen) atoms. The Labute approximate surface area is 120 Å². The van der Waals surface area contributed by atoms with Gasteiger partial charge in [-0.25, -0.2) is 0 Å². The molecule has 0 aliphatic carbocycles. The van der Waals surface area contributed by atoms with Gasteiger partial charge in [-0.3, -0.25) is 4.79 Å². The SMILES string of the molecule is CCOC(=O)CCCNC(C)c1ccc2c(c1)CCO2. The van der Waals surface area contributed by atoms with Gasteiger partial charge in [-0.05, 0) is 44.0 Å². The van der Waals surface area contributed by atoms with E-state index in [9.17, 15) is 4.79 Å². The highest BCUT2D eigenvalue weighted by Gasteiger charge is 2.14. The summed E-state index contributed by atoms with van der Waals surface area (Å²) in [6.07, 6.45) is 2.28. The summed E-state index contributed by atoms with van der Waals surface area (Å²) in [4.78, 5) is 11.2. The van der Waals surface area contributed by atoms with Crippen molar-refractivity contribution in [3.63, 3.8) is 0 Å². The molecule has 1 atom stereocenters. The van der Waals surface area contributed by atoms with Crippen molar-refractivity contribution >= 4 is 5.97 Å². The van der Waals surface area contributed by atoms with Crippen LogP contribution in [0.15, 0.2) is 18.2 Å². The summed E-state index contributed by atoms with van der Waals surface area (Å²) < 4.78 is 10.4. The van der Waals surface area contributed by atoms with Gasteiger partial charge in [0.1, 0.15) is 5.75 Å². The molecule has 0 saturated carbocycles. The number of benzene rings is 1. The maximum Gasteiger partial charge on any atom is 0.305 e. The van der Waals surface area contributed by atoms with Crippen molar-refractivity contribution in [1.82, 2.24) is 5.32 Å². The fourth-order valence-corrected chi connectivity index (χ4v) is 2.38. The van der Waals surface area contributed by atoms with Crippen LogP contribution in [0, 0.1) is 0 Å². The third-order valence-corrected chi connectivity index (χ3v) is 3.53. The number of carbonyl (C=O) groups excluding carboxylic acids is 1. The minimum Gasteiger partial charge on any atom is -0.493 e. The molecule has 0 radical (unpaired) electrons. The van der Waals surface area contributed by atoms with Gasteiger partial charge >= 0.3 is 5.97 Å². The molecule has 0 saturated heterocycles. The summed E-state index contributed by atoms with van der Waals surface area (Å²) in [7, 11) is 0. The molecule has 0 bridgehead atoms. The Morgan fingerprint density at radius 1 is 1.50 bits per heavy atom. The summed E-state index contributed by atoms with van der Waals surface area (Å²) in [5.74, 6) is 0.903. The van der Waals surface area contributed by atoms with E-state index in [-0.39, 0.29) is 12.0 Å². The first kappa shape index (κ1) is 14.9. The van der Waals surface area contributed by atoms with Crippen LogP contribution in [0.1, 0.15) is 43.9 Å². The molecule has 1 aliphatic heterocycles. The Hall–Kier alpha value is -1.55. The molecule has 1 aliphatic rings. The van der Waals surface area contributed by atoms with Gasteiger partial charge in [0.25, 0.3) is 0 Å². The molecule has 0 fully saturated rings. The molecule has 0 spiro atoms. The minimum absolute atomic E-state index is 0.114. The van der Waals surface area contributed by atoms with Crippen molar-refractivity contribution in [1.29, 1.82) is 0 Å². The third kappa shape index (κ3) is 3.97. The van der Waals surface area contributed by atoms with Crippen LogP contribution in [0.3, 0.4) is 0 Å². The smallest absolute Gasteiger partial charge is 0.305 e. The molecule has 110 valence electrons. The molecular formula is C16H23NO3. The molecule has 1 aromatic carbocycles. The highest BCUT2D eigenvalue weighted by molar-refractivity contribution is 5.69. The highest BCUT2D eigenvalue weighted by atomic mass is 16.5. The van der Waals surface area contributed by atoms with Crippen LogP contribution in [-0.4, -0.2) is 25.7 Å². The van der Waals surface area contributed by atoms with E-state index < -0.39 is 0 Å². The zero-order chi connectivity index (χ0) is 14.4. The van der Waals surface area contributed by atoms with E-state index in [0.29, 0.717) is 13.0 Å². The number of hydrogen-bond acceptors (Lipinski definition) is 4. The molecule has 1 unspecified atom stereocenters. The first-order chi connectivity index (χ1) is 9.70. The van der Waals surface area contributed by atoms with Gasteiger partial charge in [0, 0.05) is 18.9 Å². The molecular weight excluding hydrogens is 254 g/mol. The van der Waals surface area contributed by atoms with Crippen molar-refractivity contribution in [2.24, 2.45) is 0 Å². The quantitative estimate of drug-likeness (QED) is 0.615. The largest absolute Gasteiger partial charge is 0.493 e. The predicted octanol–water partition coefficient (Wildman–Crippen LogP) is 2.62. The van der Waals surface area contributed by atoms with Gasteiger partial charge in [-0.1, -0.05) is 12.1 Å². The Balaban J connectivity index is 1.75. The Bertz CT molecular complexity index is 459. The van der Waals surface area contributed by atoms with Crippen LogP contribution >= 0.6 is 0 Å². The fourth-order valence-electron chi connectivity index (χ4n) is 2.38. The number of fused-ring (bicyclic) bond motifs is 1. The first-order valence-electron chi connectivity index (χ1n) is 7.35. The van der Waals surface area contributed by atoms with E-state index >= 15 is 0 Å². The molecule has 1 heterocycles. The third-order valence-electron chi connectivity index (χ3n) is 3.53. The Morgan fingerprint density at radius 3 is 3.15 bits per heavy atom. The number of esters is 1. The van der Waals surface area contributed by atoms with Crippen LogP contribution in [0.25, 0.3) is 0 Å².